The van der Waals surface area contributed by atoms with Gasteiger partial charge in [-0.2, -0.15) is 8.78 Å². The number of nitrogens with one attached hydrogen (secondary N) is 1. The van der Waals surface area contributed by atoms with Crippen LogP contribution in [-0.2, 0) is 20.0 Å². The highest BCUT2D eigenvalue weighted by Crippen LogP contribution is 2.47. The van der Waals surface area contributed by atoms with E-state index in [1.54, 1.807) is 0 Å². The molecule has 0 radical (unpaired) electrons. The van der Waals surface area contributed by atoms with E-state index < -0.39 is 6.61 Å². The molecule has 0 aliphatic carbocycles. The molecule has 1 aromatic heterocycles. The molecule has 2 fully saturated rings. The normalized spacial score (nSPS) is 21.9. The first-order valence-corrected chi connectivity index (χ1v) is 9.37. The molecule has 0 amide bonds. The first kappa shape index (κ1) is 21.8. The Kier molecular flexibility index (Phi) is 6.47. The van der Waals surface area contributed by atoms with Gasteiger partial charge in [-0.05, 0) is 32.9 Å². The molecule has 2 aromatic rings. The van der Waals surface area contributed by atoms with Crippen molar-refractivity contribution >= 4 is 18.1 Å². The smallest absolute Gasteiger partial charge is 0.387 e. The summed E-state index contributed by atoms with van der Waals surface area (Å²) >= 11 is 0. The van der Waals surface area contributed by atoms with E-state index in [2.05, 4.69) is 29.7 Å². The number of rotatable bonds is 6. The zero-order chi connectivity index (χ0) is 21.8. The number of hydrogen-bond donors (Lipinski definition) is 1. The minimum Gasteiger partial charge on any atom is -0.462 e. The Labute approximate surface area is 173 Å². The second kappa shape index (κ2) is 8.88. The number of halogens is 2. The molecular formula is C20H24F2N4O4. The summed E-state index contributed by atoms with van der Waals surface area (Å²) in [6, 6.07) is 7.83. The number of carbonyl (C=O) groups excluding carboxylic acids is 1. The Balaban J connectivity index is 0.000000318. The molecule has 1 aromatic carbocycles. The van der Waals surface area contributed by atoms with Crippen LogP contribution in [0, 0.1) is 0 Å². The number of ether oxygens (including phenoxy) is 3. The van der Waals surface area contributed by atoms with Crippen LogP contribution in [0.3, 0.4) is 0 Å². The average Bonchev–Trinajstić information content (AvgIpc) is 3.24. The fourth-order valence-corrected chi connectivity index (χ4v) is 2.93. The second-order valence-electron chi connectivity index (χ2n) is 7.70. The lowest BCUT2D eigenvalue weighted by Gasteiger charge is -2.14. The summed E-state index contributed by atoms with van der Waals surface area (Å²) < 4.78 is 38.7. The third kappa shape index (κ3) is 5.61. The van der Waals surface area contributed by atoms with Crippen LogP contribution in [0.2, 0.25) is 0 Å². The van der Waals surface area contributed by atoms with Crippen molar-refractivity contribution < 1.29 is 27.8 Å². The summed E-state index contributed by atoms with van der Waals surface area (Å²) in [4.78, 5) is 19.7. The summed E-state index contributed by atoms with van der Waals surface area (Å²) in [7, 11) is 0. The van der Waals surface area contributed by atoms with Gasteiger partial charge in [-0.1, -0.05) is 12.1 Å². The first-order valence-electron chi connectivity index (χ1n) is 9.37. The zero-order valence-electron chi connectivity index (χ0n) is 17.0. The van der Waals surface area contributed by atoms with Gasteiger partial charge in [0.1, 0.15) is 5.60 Å². The van der Waals surface area contributed by atoms with Crippen molar-refractivity contribution in [3.8, 4) is 5.75 Å². The predicted octanol–water partition coefficient (Wildman–Crippen LogP) is 3.28. The Morgan fingerprint density at radius 1 is 1.23 bits per heavy atom. The van der Waals surface area contributed by atoms with Gasteiger partial charge < -0.3 is 19.5 Å². The van der Waals surface area contributed by atoms with E-state index in [9.17, 15) is 13.6 Å². The van der Waals surface area contributed by atoms with E-state index in [1.807, 2.05) is 45.0 Å². The Bertz CT molecular complexity index is 843. The van der Waals surface area contributed by atoms with Crippen LogP contribution in [0.1, 0.15) is 26.3 Å². The summed E-state index contributed by atoms with van der Waals surface area (Å²) in [5.74, 6) is 0.231. The van der Waals surface area contributed by atoms with Gasteiger partial charge in [0, 0.05) is 24.3 Å². The average molecular weight is 422 g/mol. The molecule has 0 spiro atoms. The lowest BCUT2D eigenvalue weighted by atomic mass is 10.1. The zero-order valence-corrected chi connectivity index (χ0v) is 17.0. The van der Waals surface area contributed by atoms with Gasteiger partial charge in [-0.25, -0.2) is 9.97 Å². The van der Waals surface area contributed by atoms with Crippen LogP contribution < -0.4 is 10.1 Å². The molecule has 0 bridgehead atoms. The molecule has 3 heterocycles. The predicted molar refractivity (Wildman–Crippen MR) is 104 cm³/mol. The minimum atomic E-state index is -2.89. The Morgan fingerprint density at radius 3 is 2.33 bits per heavy atom. The van der Waals surface area contributed by atoms with Crippen molar-refractivity contribution in [3.63, 3.8) is 0 Å². The molecule has 2 aliphatic heterocycles. The maximum Gasteiger partial charge on any atom is 0.387 e. The van der Waals surface area contributed by atoms with Crippen LogP contribution in [0.15, 0.2) is 36.7 Å². The number of carbonyl (C=O) groups is 1. The number of hydrogen-bond acceptors (Lipinski definition) is 8. The molecule has 2 saturated heterocycles. The first-order chi connectivity index (χ1) is 14.2. The lowest BCUT2D eigenvalue weighted by molar-refractivity contribution is -0.138. The van der Waals surface area contributed by atoms with Crippen molar-refractivity contribution in [2.24, 2.45) is 0 Å². The van der Waals surface area contributed by atoms with Gasteiger partial charge in [0.2, 0.25) is 5.95 Å². The SMILES string of the molecule is CC(C)(C)OC=O.FC(F)Oc1cnc(Nc2ccc(C34CN3CCO4)cc2)nc1. The summed E-state index contributed by atoms with van der Waals surface area (Å²) in [5, 5.41) is 3.01. The minimum absolute atomic E-state index is 0.0767. The van der Waals surface area contributed by atoms with Gasteiger partial charge in [-0.15, -0.1) is 0 Å². The molecule has 1 N–H and O–H groups in total. The molecule has 2 atom stereocenters. The molecule has 10 heteroatoms. The van der Waals surface area contributed by atoms with Crippen molar-refractivity contribution in [3.05, 3.63) is 42.2 Å². The van der Waals surface area contributed by atoms with Crippen molar-refractivity contribution in [1.82, 2.24) is 14.9 Å². The maximum atomic E-state index is 12.1. The van der Waals surface area contributed by atoms with Gasteiger partial charge in [-0.3, -0.25) is 9.69 Å². The van der Waals surface area contributed by atoms with E-state index in [4.69, 9.17) is 4.74 Å². The van der Waals surface area contributed by atoms with Crippen LogP contribution in [0.5, 0.6) is 5.75 Å². The van der Waals surface area contributed by atoms with Crippen LogP contribution in [-0.4, -0.2) is 53.2 Å². The highest BCUT2D eigenvalue weighted by Gasteiger charge is 2.58. The summed E-state index contributed by atoms with van der Waals surface area (Å²) in [6.45, 7) is 5.71. The Morgan fingerprint density at radius 2 is 1.90 bits per heavy atom. The maximum absolute atomic E-state index is 12.1. The highest BCUT2D eigenvalue weighted by atomic mass is 19.3. The van der Waals surface area contributed by atoms with Gasteiger partial charge in [0.05, 0.1) is 19.0 Å². The van der Waals surface area contributed by atoms with E-state index in [0.29, 0.717) is 12.4 Å². The fraction of sp³-hybridized carbons (Fsp3) is 0.450. The van der Waals surface area contributed by atoms with Crippen molar-refractivity contribution in [1.29, 1.82) is 0 Å². The molecule has 8 nitrogen and oxygen atoms in total. The van der Waals surface area contributed by atoms with Crippen LogP contribution >= 0.6 is 0 Å². The van der Waals surface area contributed by atoms with Gasteiger partial charge >= 0.3 is 6.61 Å². The van der Waals surface area contributed by atoms with Gasteiger partial charge in [0.25, 0.3) is 6.47 Å². The topological polar surface area (TPSA) is 85.6 Å². The van der Waals surface area contributed by atoms with E-state index in [0.717, 1.165) is 30.9 Å². The third-order valence-corrected chi connectivity index (χ3v) is 4.36. The molecule has 2 aliphatic rings. The quantitative estimate of drug-likeness (QED) is 0.561. The summed E-state index contributed by atoms with van der Waals surface area (Å²) in [5.41, 5.74) is 1.39. The number of aromatic nitrogens is 2. The van der Waals surface area contributed by atoms with Gasteiger partial charge in [0.15, 0.2) is 11.5 Å². The fourth-order valence-electron chi connectivity index (χ4n) is 2.93. The molecule has 4 rings (SSSR count). The number of morpholine rings is 1. The number of nitrogens with zero attached hydrogens (tertiary/aromatic N) is 3. The molecule has 162 valence electrons. The highest BCUT2D eigenvalue weighted by molar-refractivity contribution is 5.54. The van der Waals surface area contributed by atoms with E-state index in [1.165, 1.54) is 12.4 Å². The Hall–Kier alpha value is -2.85. The van der Waals surface area contributed by atoms with Crippen molar-refractivity contribution in [2.45, 2.75) is 38.7 Å². The number of alkyl halides is 2. The molecule has 30 heavy (non-hydrogen) atoms. The van der Waals surface area contributed by atoms with Crippen molar-refractivity contribution in [2.75, 3.05) is 25.0 Å². The summed E-state index contributed by atoms with van der Waals surface area (Å²) in [6.07, 6.45) is 2.40. The largest absolute Gasteiger partial charge is 0.462 e. The number of anilines is 2. The third-order valence-electron chi connectivity index (χ3n) is 4.36. The lowest BCUT2D eigenvalue weighted by Crippen LogP contribution is -2.17. The number of benzene rings is 1. The standard InChI is InChI=1S/C15H14F2N4O2.C5H10O2/c16-13(17)23-12-7-18-14(19-8-12)20-11-3-1-10(2-4-11)15-9-21(15)5-6-22-15;1-5(2,3)7-4-6/h1-4,7-8,13H,5-6,9H2,(H,18,19,20);4H,1-3H3. The van der Waals surface area contributed by atoms with E-state index >= 15 is 0 Å². The monoisotopic (exact) mass is 422 g/mol. The molecule has 2 unspecified atom stereocenters. The van der Waals surface area contributed by atoms with Crippen LogP contribution in [0.4, 0.5) is 20.4 Å². The second-order valence-corrected chi connectivity index (χ2v) is 7.70. The molecule has 0 saturated carbocycles. The molecular weight excluding hydrogens is 398 g/mol. The van der Waals surface area contributed by atoms with E-state index in [-0.39, 0.29) is 17.1 Å². The number of fused-ring (bicyclic) bond motifs is 1. The van der Waals surface area contributed by atoms with Crippen LogP contribution in [0.25, 0.3) is 0 Å².